The zero-order chi connectivity index (χ0) is 8.97. The molecule has 0 spiro atoms. The van der Waals surface area contributed by atoms with Crippen LogP contribution in [0.1, 0.15) is 24.9 Å². The Hall–Kier alpha value is -0.450. The zero-order valence-electron chi connectivity index (χ0n) is 7.32. The fourth-order valence-electron chi connectivity index (χ4n) is 0.999. The molecule has 0 amide bonds. The van der Waals surface area contributed by atoms with E-state index in [-0.39, 0.29) is 18.7 Å². The summed E-state index contributed by atoms with van der Waals surface area (Å²) in [6.45, 7) is 4.16. The van der Waals surface area contributed by atoms with Crippen molar-refractivity contribution < 1.29 is 5.11 Å². The molecule has 0 aliphatic heterocycles. The van der Waals surface area contributed by atoms with Gasteiger partial charge in [0, 0.05) is 17.6 Å². The molecule has 0 unspecified atom stereocenters. The summed E-state index contributed by atoms with van der Waals surface area (Å²) in [7, 11) is 0. The van der Waals surface area contributed by atoms with Crippen LogP contribution in [0.15, 0.2) is 11.6 Å². The molecule has 68 valence electrons. The highest BCUT2D eigenvalue weighted by molar-refractivity contribution is 7.09. The third-order valence-corrected chi connectivity index (χ3v) is 2.59. The molecule has 2 N–H and O–H groups in total. The van der Waals surface area contributed by atoms with Crippen LogP contribution < -0.4 is 5.32 Å². The van der Waals surface area contributed by atoms with Crippen molar-refractivity contribution in [3.63, 3.8) is 0 Å². The van der Waals surface area contributed by atoms with Crippen LogP contribution in [0.3, 0.4) is 0 Å². The van der Waals surface area contributed by atoms with Crippen LogP contribution >= 0.6 is 11.3 Å². The first-order chi connectivity index (χ1) is 5.74. The van der Waals surface area contributed by atoms with Crippen molar-refractivity contribution in [3.8, 4) is 0 Å². The molecule has 0 aliphatic carbocycles. The summed E-state index contributed by atoms with van der Waals surface area (Å²) < 4.78 is 0. The van der Waals surface area contributed by atoms with Crippen LogP contribution in [-0.2, 0) is 0 Å². The molecule has 0 radical (unpaired) electrons. The predicted molar refractivity (Wildman–Crippen MR) is 50.2 cm³/mol. The van der Waals surface area contributed by atoms with Gasteiger partial charge in [0.1, 0.15) is 5.01 Å². The Balaban J connectivity index is 2.44. The Labute approximate surface area is 76.5 Å². The average Bonchev–Trinajstić information content (AvgIpc) is 2.56. The number of nitrogens with zero attached hydrogens (tertiary/aromatic N) is 1. The molecule has 0 fully saturated rings. The second-order valence-electron chi connectivity index (χ2n) is 2.84. The van der Waals surface area contributed by atoms with Crippen LogP contribution in [0, 0.1) is 0 Å². The Morgan fingerprint density at radius 3 is 2.92 bits per heavy atom. The molecule has 0 aliphatic rings. The van der Waals surface area contributed by atoms with Crippen molar-refractivity contribution in [2.24, 2.45) is 0 Å². The number of thiazole rings is 1. The number of hydrogen-bond donors (Lipinski definition) is 2. The van der Waals surface area contributed by atoms with Gasteiger partial charge in [-0.15, -0.1) is 11.3 Å². The van der Waals surface area contributed by atoms with Crippen LogP contribution in [0.5, 0.6) is 0 Å². The van der Waals surface area contributed by atoms with Gasteiger partial charge in [-0.1, -0.05) is 0 Å². The standard InChI is InChI=1S/C8H14N2OS/c1-6(5-11)10-7(2)8-9-3-4-12-8/h3-4,6-7,10-11H,5H2,1-2H3/t6-,7-/m1/s1. The molecule has 1 heterocycles. The van der Waals surface area contributed by atoms with Crippen LogP contribution in [0.25, 0.3) is 0 Å². The maximum Gasteiger partial charge on any atom is 0.109 e. The lowest BCUT2D eigenvalue weighted by atomic mass is 10.3. The van der Waals surface area contributed by atoms with E-state index in [4.69, 9.17) is 5.11 Å². The second-order valence-corrected chi connectivity index (χ2v) is 3.77. The van der Waals surface area contributed by atoms with Crippen molar-refractivity contribution in [1.82, 2.24) is 10.3 Å². The maximum atomic E-state index is 8.80. The summed E-state index contributed by atoms with van der Waals surface area (Å²) in [5.74, 6) is 0. The van der Waals surface area contributed by atoms with Gasteiger partial charge < -0.3 is 10.4 Å². The van der Waals surface area contributed by atoms with Crippen LogP contribution in [-0.4, -0.2) is 22.7 Å². The summed E-state index contributed by atoms with van der Waals surface area (Å²) in [5.41, 5.74) is 0. The molecule has 12 heavy (non-hydrogen) atoms. The Morgan fingerprint density at radius 2 is 2.42 bits per heavy atom. The molecule has 0 saturated carbocycles. The molecule has 0 bridgehead atoms. The van der Waals surface area contributed by atoms with Crippen molar-refractivity contribution in [2.75, 3.05) is 6.61 Å². The van der Waals surface area contributed by atoms with E-state index in [0.717, 1.165) is 5.01 Å². The fraction of sp³-hybridized carbons (Fsp3) is 0.625. The minimum Gasteiger partial charge on any atom is -0.395 e. The van der Waals surface area contributed by atoms with Gasteiger partial charge in [0.2, 0.25) is 0 Å². The van der Waals surface area contributed by atoms with Crippen molar-refractivity contribution in [3.05, 3.63) is 16.6 Å². The van der Waals surface area contributed by atoms with E-state index < -0.39 is 0 Å². The first kappa shape index (κ1) is 9.64. The topological polar surface area (TPSA) is 45.1 Å². The molecule has 1 aromatic heterocycles. The largest absolute Gasteiger partial charge is 0.395 e. The molecule has 1 rings (SSSR count). The lowest BCUT2D eigenvalue weighted by Crippen LogP contribution is -2.31. The van der Waals surface area contributed by atoms with Crippen LogP contribution in [0.4, 0.5) is 0 Å². The van der Waals surface area contributed by atoms with E-state index in [0.29, 0.717) is 0 Å². The lowest BCUT2D eigenvalue weighted by Gasteiger charge is -2.15. The molecule has 4 heteroatoms. The van der Waals surface area contributed by atoms with Gasteiger partial charge in [0.15, 0.2) is 0 Å². The van der Waals surface area contributed by atoms with E-state index in [1.54, 1.807) is 17.5 Å². The van der Waals surface area contributed by atoms with Gasteiger partial charge in [0.05, 0.1) is 12.6 Å². The van der Waals surface area contributed by atoms with Crippen LogP contribution in [0.2, 0.25) is 0 Å². The van der Waals surface area contributed by atoms with Gasteiger partial charge in [0.25, 0.3) is 0 Å². The number of hydrogen-bond acceptors (Lipinski definition) is 4. The molecule has 0 saturated heterocycles. The van der Waals surface area contributed by atoms with E-state index in [1.807, 2.05) is 19.2 Å². The smallest absolute Gasteiger partial charge is 0.109 e. The summed E-state index contributed by atoms with van der Waals surface area (Å²) in [4.78, 5) is 4.18. The van der Waals surface area contributed by atoms with Gasteiger partial charge in [-0.25, -0.2) is 4.98 Å². The third-order valence-electron chi connectivity index (χ3n) is 1.63. The highest BCUT2D eigenvalue weighted by Crippen LogP contribution is 2.14. The predicted octanol–water partition coefficient (Wildman–Crippen LogP) is 1.17. The molecule has 0 aromatic carbocycles. The minimum atomic E-state index is 0.129. The zero-order valence-corrected chi connectivity index (χ0v) is 8.14. The molecular formula is C8H14N2OS. The fourth-order valence-corrected chi connectivity index (χ4v) is 1.65. The van der Waals surface area contributed by atoms with Gasteiger partial charge >= 0.3 is 0 Å². The Bertz CT molecular complexity index is 213. The number of aliphatic hydroxyl groups excluding tert-OH is 1. The third kappa shape index (κ3) is 2.55. The number of nitrogens with one attached hydrogen (secondary N) is 1. The summed E-state index contributed by atoms with van der Waals surface area (Å²) in [5, 5.41) is 15.1. The second kappa shape index (κ2) is 4.54. The van der Waals surface area contributed by atoms with E-state index in [9.17, 15) is 0 Å². The van der Waals surface area contributed by atoms with E-state index in [2.05, 4.69) is 10.3 Å². The van der Waals surface area contributed by atoms with E-state index >= 15 is 0 Å². The minimum absolute atomic E-state index is 0.129. The van der Waals surface area contributed by atoms with Crippen molar-refractivity contribution >= 4 is 11.3 Å². The summed E-state index contributed by atoms with van der Waals surface area (Å²) >= 11 is 1.63. The number of aromatic nitrogens is 1. The highest BCUT2D eigenvalue weighted by atomic mass is 32.1. The molecule has 3 nitrogen and oxygen atoms in total. The first-order valence-corrected chi connectivity index (χ1v) is 4.88. The lowest BCUT2D eigenvalue weighted by molar-refractivity contribution is 0.243. The van der Waals surface area contributed by atoms with Crippen molar-refractivity contribution in [1.29, 1.82) is 0 Å². The summed E-state index contributed by atoms with van der Waals surface area (Å²) in [6, 6.07) is 0.357. The number of aliphatic hydroxyl groups is 1. The quantitative estimate of drug-likeness (QED) is 0.742. The molecular weight excluding hydrogens is 172 g/mol. The van der Waals surface area contributed by atoms with E-state index in [1.165, 1.54) is 0 Å². The van der Waals surface area contributed by atoms with Gasteiger partial charge in [-0.05, 0) is 13.8 Å². The number of rotatable bonds is 4. The average molecular weight is 186 g/mol. The summed E-state index contributed by atoms with van der Waals surface area (Å²) in [6.07, 6.45) is 1.79. The van der Waals surface area contributed by atoms with Crippen molar-refractivity contribution in [2.45, 2.75) is 25.9 Å². The van der Waals surface area contributed by atoms with Gasteiger partial charge in [-0.3, -0.25) is 0 Å². The normalized spacial score (nSPS) is 15.9. The Kier molecular flexibility index (Phi) is 3.65. The first-order valence-electron chi connectivity index (χ1n) is 4.00. The maximum absolute atomic E-state index is 8.80. The SMILES string of the molecule is C[C@H](CO)N[C@H](C)c1nccs1. The highest BCUT2D eigenvalue weighted by Gasteiger charge is 2.09. The monoisotopic (exact) mass is 186 g/mol. The molecule has 2 atom stereocenters. The van der Waals surface area contributed by atoms with Gasteiger partial charge in [-0.2, -0.15) is 0 Å². The molecule has 1 aromatic rings. The Morgan fingerprint density at radius 1 is 1.67 bits per heavy atom.